The van der Waals surface area contributed by atoms with Gasteiger partial charge < -0.3 is 16.0 Å². The maximum atomic E-state index is 10.9. The van der Waals surface area contributed by atoms with Gasteiger partial charge in [-0.1, -0.05) is 17.2 Å². The fourth-order valence-electron chi connectivity index (χ4n) is 1.18. The molecule has 90 valence electrons. The van der Waals surface area contributed by atoms with Crippen LogP contribution in [0.15, 0.2) is 12.1 Å². The molecule has 0 radical (unpaired) electrons. The summed E-state index contributed by atoms with van der Waals surface area (Å²) in [6, 6.07) is 3.62. The zero-order valence-electron chi connectivity index (χ0n) is 10.0. The smallest absolute Gasteiger partial charge is 0.250 e. The molecule has 0 aliphatic rings. The molecule has 4 nitrogen and oxygen atoms in total. The second-order valence-electron chi connectivity index (χ2n) is 3.65. The normalized spacial score (nSPS) is 9.62. The molecule has 0 saturated carbocycles. The lowest BCUT2D eigenvalue weighted by Gasteiger charge is -2.06. The summed E-state index contributed by atoms with van der Waals surface area (Å²) < 4.78 is 9.56. The fraction of sp³-hybridized carbons (Fsp3) is 0.364. The molecule has 1 rings (SSSR count). The number of anilines is 1. The van der Waals surface area contributed by atoms with E-state index in [9.17, 15) is 9.35 Å². The predicted octanol–water partition coefficient (Wildman–Crippen LogP) is 0.979. The predicted molar refractivity (Wildman–Crippen MR) is 68.8 cm³/mol. The highest BCUT2D eigenvalue weighted by Crippen LogP contribution is 2.18. The number of carbonyl (C=O) groups is 1. The van der Waals surface area contributed by atoms with Crippen molar-refractivity contribution >= 4 is 22.8 Å². The van der Waals surface area contributed by atoms with Gasteiger partial charge in [-0.25, -0.2) is 0 Å². The molecule has 0 spiro atoms. The molecule has 0 saturated heterocycles. The molecule has 5 heteroatoms. The molecule has 1 amide bonds. The van der Waals surface area contributed by atoms with Gasteiger partial charge in [-0.05, 0) is 31.0 Å². The minimum Gasteiger partial charge on any atom is -0.617 e. The highest BCUT2D eigenvalue weighted by molar-refractivity contribution is 7.89. The lowest BCUT2D eigenvalue weighted by molar-refractivity contribution is 0.100. The minimum atomic E-state index is -0.611. The minimum absolute atomic E-state index is 0.410. The Bertz CT molecular complexity index is 376. The van der Waals surface area contributed by atoms with Crippen LogP contribution in [0.2, 0.25) is 0 Å². The van der Waals surface area contributed by atoms with Crippen LogP contribution >= 0.6 is 0 Å². The van der Waals surface area contributed by atoms with Crippen LogP contribution in [-0.2, 0) is 11.2 Å². The van der Waals surface area contributed by atoms with Crippen molar-refractivity contribution in [1.82, 2.24) is 0 Å². The van der Waals surface area contributed by atoms with Gasteiger partial charge in [-0.15, -0.1) is 0 Å². The molecule has 4 N–H and O–H groups in total. The van der Waals surface area contributed by atoms with Crippen molar-refractivity contribution < 1.29 is 9.35 Å². The van der Waals surface area contributed by atoms with E-state index in [0.29, 0.717) is 11.3 Å². The van der Waals surface area contributed by atoms with Crippen molar-refractivity contribution in [3.8, 4) is 0 Å². The summed E-state index contributed by atoms with van der Waals surface area (Å²) in [7, 11) is 0. The number of amides is 1. The summed E-state index contributed by atoms with van der Waals surface area (Å²) in [6.45, 7) is 3.76. The molecule has 1 aromatic carbocycles. The van der Waals surface area contributed by atoms with Crippen molar-refractivity contribution in [2.75, 3.05) is 18.2 Å². The molecule has 16 heavy (non-hydrogen) atoms. The third-order valence-electron chi connectivity index (χ3n) is 1.80. The zero-order valence-corrected chi connectivity index (χ0v) is 10.9. The Hall–Kier alpha value is -1.20. The molecule has 0 aliphatic heterocycles. The molecular weight excluding hydrogens is 224 g/mol. The molecule has 0 fully saturated rings. The highest BCUT2D eigenvalue weighted by Gasteiger charge is 2.07. The SMILES string of the molecule is C[S+](C)[O-].Cc1cc(C)c(N)c(C(N)=O)c1. The van der Waals surface area contributed by atoms with Gasteiger partial charge in [0, 0.05) is 5.69 Å². The lowest BCUT2D eigenvalue weighted by atomic mass is 10.0. The Morgan fingerprint density at radius 3 is 2.12 bits per heavy atom. The summed E-state index contributed by atoms with van der Waals surface area (Å²) in [5.41, 5.74) is 13.6. The van der Waals surface area contributed by atoms with Gasteiger partial charge in [0.2, 0.25) is 0 Å². The van der Waals surface area contributed by atoms with E-state index >= 15 is 0 Å². The summed E-state index contributed by atoms with van der Waals surface area (Å²) in [5.74, 6) is -0.473. The van der Waals surface area contributed by atoms with Crippen molar-refractivity contribution in [3.63, 3.8) is 0 Å². The van der Waals surface area contributed by atoms with Crippen LogP contribution in [0.1, 0.15) is 21.5 Å². The first-order valence-corrected chi connectivity index (χ1v) is 6.64. The topological polar surface area (TPSA) is 92.2 Å². The number of nitrogen functional groups attached to an aromatic ring is 1. The highest BCUT2D eigenvalue weighted by atomic mass is 32.2. The lowest BCUT2D eigenvalue weighted by Crippen LogP contribution is -2.14. The Morgan fingerprint density at radius 2 is 1.75 bits per heavy atom. The van der Waals surface area contributed by atoms with Gasteiger partial charge in [0.15, 0.2) is 0 Å². The first-order chi connectivity index (χ1) is 7.25. The number of primary amides is 1. The fourth-order valence-corrected chi connectivity index (χ4v) is 1.18. The van der Waals surface area contributed by atoms with Gasteiger partial charge in [0.1, 0.15) is 0 Å². The second-order valence-corrected chi connectivity index (χ2v) is 5.13. The Labute approximate surface area is 99.2 Å². The van der Waals surface area contributed by atoms with Crippen molar-refractivity contribution in [2.45, 2.75) is 13.8 Å². The summed E-state index contributed by atoms with van der Waals surface area (Å²) in [4.78, 5) is 10.9. The van der Waals surface area contributed by atoms with Gasteiger partial charge in [0.05, 0.1) is 18.1 Å². The molecule has 0 aromatic heterocycles. The maximum Gasteiger partial charge on any atom is 0.250 e. The van der Waals surface area contributed by atoms with Crippen LogP contribution in [-0.4, -0.2) is 23.0 Å². The number of aryl methyl sites for hydroxylation is 2. The summed E-state index contributed by atoms with van der Waals surface area (Å²) in [6.07, 6.45) is 3.28. The monoisotopic (exact) mass is 242 g/mol. The van der Waals surface area contributed by atoms with Crippen molar-refractivity contribution in [2.24, 2.45) is 5.73 Å². The van der Waals surface area contributed by atoms with E-state index in [1.165, 1.54) is 0 Å². The van der Waals surface area contributed by atoms with E-state index < -0.39 is 17.1 Å². The average Bonchev–Trinajstić information content (AvgIpc) is 2.09. The zero-order chi connectivity index (χ0) is 12.9. The van der Waals surface area contributed by atoms with Crippen LogP contribution in [0.3, 0.4) is 0 Å². The van der Waals surface area contributed by atoms with Crippen LogP contribution in [0.25, 0.3) is 0 Å². The standard InChI is InChI=1S/C9H12N2O.C2H6OS/c1-5-3-6(2)8(10)7(4-5)9(11)12;1-4(2)3/h3-4H,10H2,1-2H3,(H2,11,12);1-2H3. The van der Waals surface area contributed by atoms with Crippen LogP contribution < -0.4 is 11.5 Å². The van der Waals surface area contributed by atoms with Gasteiger partial charge in [0.25, 0.3) is 5.91 Å². The third kappa shape index (κ3) is 5.04. The maximum absolute atomic E-state index is 10.9. The molecule has 0 heterocycles. The largest absolute Gasteiger partial charge is 0.617 e. The number of benzene rings is 1. The van der Waals surface area contributed by atoms with E-state index in [4.69, 9.17) is 11.5 Å². The van der Waals surface area contributed by atoms with E-state index in [1.54, 1.807) is 18.6 Å². The van der Waals surface area contributed by atoms with Crippen molar-refractivity contribution in [3.05, 3.63) is 28.8 Å². The molecule has 0 bridgehead atoms. The van der Waals surface area contributed by atoms with E-state index in [1.807, 2.05) is 19.9 Å². The summed E-state index contributed by atoms with van der Waals surface area (Å²) in [5, 5.41) is 0. The van der Waals surface area contributed by atoms with Gasteiger partial charge in [-0.2, -0.15) is 0 Å². The molecule has 0 aliphatic carbocycles. The second kappa shape index (κ2) is 6.40. The Balaban J connectivity index is 0.000000487. The Morgan fingerprint density at radius 1 is 1.31 bits per heavy atom. The number of nitrogens with two attached hydrogens (primary N) is 2. The van der Waals surface area contributed by atoms with E-state index in [-0.39, 0.29) is 0 Å². The quantitative estimate of drug-likeness (QED) is 0.568. The van der Waals surface area contributed by atoms with Gasteiger partial charge >= 0.3 is 0 Å². The van der Waals surface area contributed by atoms with Crippen LogP contribution in [0.4, 0.5) is 5.69 Å². The first-order valence-electron chi connectivity index (χ1n) is 4.67. The summed E-state index contributed by atoms with van der Waals surface area (Å²) >= 11 is -0.611. The molecular formula is C11H18N2O2S. The van der Waals surface area contributed by atoms with Crippen LogP contribution in [0, 0.1) is 13.8 Å². The number of carbonyl (C=O) groups excluding carboxylic acids is 1. The number of rotatable bonds is 1. The number of hydrogen-bond donors (Lipinski definition) is 2. The van der Waals surface area contributed by atoms with Crippen molar-refractivity contribution in [1.29, 1.82) is 0 Å². The van der Waals surface area contributed by atoms with Crippen LogP contribution in [0.5, 0.6) is 0 Å². The van der Waals surface area contributed by atoms with E-state index in [2.05, 4.69) is 0 Å². The van der Waals surface area contributed by atoms with Gasteiger partial charge in [-0.3, -0.25) is 4.79 Å². The van der Waals surface area contributed by atoms with E-state index in [0.717, 1.165) is 11.1 Å². The first kappa shape index (κ1) is 14.8. The Kier molecular flexibility index (Phi) is 5.92. The third-order valence-corrected chi connectivity index (χ3v) is 1.80. The molecule has 0 unspecified atom stereocenters. The number of hydrogen-bond acceptors (Lipinski definition) is 3. The average molecular weight is 242 g/mol. The molecule has 0 atom stereocenters. The molecule has 1 aromatic rings.